The highest BCUT2D eigenvalue weighted by Gasteiger charge is 2.42. The maximum Gasteiger partial charge on any atom is 0.258 e. The minimum absolute atomic E-state index is 0.190. The summed E-state index contributed by atoms with van der Waals surface area (Å²) in [5, 5.41) is 12.5. The zero-order chi connectivity index (χ0) is 22.8. The number of H-pyrrole nitrogens is 1. The first kappa shape index (κ1) is 21.7. The standard InChI is InChI=1S/C23H27N5O4/c1-4-13-7-5-6-10-28(13)23-26-20-19(22(30)27-23)18(16(12-24)21(29)25-20)15-11-14(31-2)8-9-17(15)32-3/h8-9,11,13,16,18H,4-7,10H2,1-3H3,(H2,25,26,27,29,30). The van der Waals surface area contributed by atoms with Crippen molar-refractivity contribution in [3.05, 3.63) is 39.7 Å². The first-order chi connectivity index (χ1) is 15.5. The van der Waals surface area contributed by atoms with Gasteiger partial charge in [-0.1, -0.05) is 6.92 Å². The predicted molar refractivity (Wildman–Crippen MR) is 119 cm³/mol. The largest absolute Gasteiger partial charge is 0.497 e. The lowest BCUT2D eigenvalue weighted by atomic mass is 9.78. The zero-order valence-corrected chi connectivity index (χ0v) is 18.5. The highest BCUT2D eigenvalue weighted by molar-refractivity contribution is 5.98. The Morgan fingerprint density at radius 1 is 1.25 bits per heavy atom. The Hall–Kier alpha value is -3.54. The second-order valence-electron chi connectivity index (χ2n) is 8.08. The van der Waals surface area contributed by atoms with Crippen LogP contribution in [0.4, 0.5) is 11.8 Å². The number of nitriles is 1. The van der Waals surface area contributed by atoms with E-state index in [1.165, 1.54) is 14.2 Å². The predicted octanol–water partition coefficient (Wildman–Crippen LogP) is 2.78. The van der Waals surface area contributed by atoms with Crippen molar-refractivity contribution in [1.82, 2.24) is 9.97 Å². The summed E-state index contributed by atoms with van der Waals surface area (Å²) in [6.07, 6.45) is 4.13. The average Bonchev–Trinajstić information content (AvgIpc) is 2.82. The molecular formula is C23H27N5O4. The summed E-state index contributed by atoms with van der Waals surface area (Å²) in [5.74, 6) is -0.821. The Labute approximate surface area is 186 Å². The monoisotopic (exact) mass is 437 g/mol. The van der Waals surface area contributed by atoms with Gasteiger partial charge >= 0.3 is 0 Å². The third kappa shape index (κ3) is 3.66. The molecule has 3 heterocycles. The number of anilines is 2. The normalized spacial score (nSPS) is 22.5. The number of carbonyl (C=O) groups excluding carboxylic acids is 1. The van der Waals surface area contributed by atoms with Gasteiger partial charge in [-0.3, -0.25) is 14.6 Å². The van der Waals surface area contributed by atoms with Crippen molar-refractivity contribution < 1.29 is 14.3 Å². The number of aromatic amines is 1. The van der Waals surface area contributed by atoms with E-state index in [-0.39, 0.29) is 23.0 Å². The number of fused-ring (bicyclic) bond motifs is 1. The van der Waals surface area contributed by atoms with Gasteiger partial charge in [0.2, 0.25) is 11.9 Å². The van der Waals surface area contributed by atoms with Crippen molar-refractivity contribution in [2.24, 2.45) is 5.92 Å². The van der Waals surface area contributed by atoms with Crippen molar-refractivity contribution in [2.75, 3.05) is 31.0 Å². The fraction of sp³-hybridized carbons (Fsp3) is 0.478. The minimum Gasteiger partial charge on any atom is -0.497 e. The van der Waals surface area contributed by atoms with Crippen molar-refractivity contribution in [3.8, 4) is 17.6 Å². The summed E-state index contributed by atoms with van der Waals surface area (Å²) in [5.41, 5.74) is 0.399. The van der Waals surface area contributed by atoms with E-state index in [0.29, 0.717) is 23.0 Å². The number of carbonyl (C=O) groups is 1. The number of methoxy groups -OCH3 is 2. The molecular weight excluding hydrogens is 410 g/mol. The first-order valence-corrected chi connectivity index (χ1v) is 10.9. The van der Waals surface area contributed by atoms with Crippen LogP contribution in [0.2, 0.25) is 0 Å². The van der Waals surface area contributed by atoms with Gasteiger partial charge in [-0.2, -0.15) is 10.2 Å². The SMILES string of the molecule is CCC1CCCCN1c1nc2c(c(=O)[nH]1)C(c1cc(OC)ccc1OC)C(C#N)C(=O)N2. The number of benzene rings is 1. The van der Waals surface area contributed by atoms with Crippen LogP contribution in [0.1, 0.15) is 49.7 Å². The van der Waals surface area contributed by atoms with E-state index < -0.39 is 17.7 Å². The van der Waals surface area contributed by atoms with Crippen LogP contribution >= 0.6 is 0 Å². The fourth-order valence-corrected chi connectivity index (χ4v) is 4.76. The number of nitrogens with zero attached hydrogens (tertiary/aromatic N) is 3. The van der Waals surface area contributed by atoms with Gasteiger partial charge in [-0.25, -0.2) is 0 Å². The summed E-state index contributed by atoms with van der Waals surface area (Å²) in [6.45, 7) is 2.91. The number of aromatic nitrogens is 2. The van der Waals surface area contributed by atoms with Gasteiger partial charge in [0.25, 0.3) is 5.56 Å². The van der Waals surface area contributed by atoms with Gasteiger partial charge in [0.05, 0.1) is 25.9 Å². The molecule has 1 amide bonds. The molecule has 4 rings (SSSR count). The van der Waals surface area contributed by atoms with Crippen LogP contribution < -0.4 is 25.2 Å². The Morgan fingerprint density at radius 3 is 2.75 bits per heavy atom. The summed E-state index contributed by atoms with van der Waals surface area (Å²) in [7, 11) is 3.03. The second-order valence-corrected chi connectivity index (χ2v) is 8.08. The summed E-state index contributed by atoms with van der Waals surface area (Å²) in [6, 6.07) is 7.45. The smallest absolute Gasteiger partial charge is 0.258 e. The van der Waals surface area contributed by atoms with Crippen LogP contribution in [0.25, 0.3) is 0 Å². The molecule has 0 bridgehead atoms. The summed E-state index contributed by atoms with van der Waals surface area (Å²) >= 11 is 0. The molecule has 0 saturated carbocycles. The molecule has 32 heavy (non-hydrogen) atoms. The molecule has 3 atom stereocenters. The topological polar surface area (TPSA) is 120 Å². The first-order valence-electron chi connectivity index (χ1n) is 10.9. The third-order valence-electron chi connectivity index (χ3n) is 6.39. The van der Waals surface area contributed by atoms with Crippen molar-refractivity contribution in [3.63, 3.8) is 0 Å². The minimum atomic E-state index is -1.12. The molecule has 9 nitrogen and oxygen atoms in total. The van der Waals surface area contributed by atoms with E-state index >= 15 is 0 Å². The lowest BCUT2D eigenvalue weighted by Gasteiger charge is -2.36. The van der Waals surface area contributed by atoms with E-state index in [0.717, 1.165) is 32.2 Å². The Balaban J connectivity index is 1.89. The van der Waals surface area contributed by atoms with Gasteiger partial charge in [-0.15, -0.1) is 0 Å². The number of ether oxygens (including phenoxy) is 2. The molecule has 1 fully saturated rings. The molecule has 2 aliphatic rings. The van der Waals surface area contributed by atoms with Crippen LogP contribution in [0.15, 0.2) is 23.0 Å². The molecule has 9 heteroatoms. The van der Waals surface area contributed by atoms with Crippen LogP contribution in [-0.2, 0) is 4.79 Å². The van der Waals surface area contributed by atoms with Gasteiger partial charge < -0.3 is 19.7 Å². The molecule has 1 aromatic heterocycles. The molecule has 2 aromatic rings. The lowest BCUT2D eigenvalue weighted by Crippen LogP contribution is -2.43. The Kier molecular flexibility index (Phi) is 6.04. The Morgan fingerprint density at radius 2 is 2.06 bits per heavy atom. The number of nitrogens with one attached hydrogen (secondary N) is 2. The van der Waals surface area contributed by atoms with E-state index in [1.807, 2.05) is 0 Å². The van der Waals surface area contributed by atoms with Crippen LogP contribution in [0, 0.1) is 17.2 Å². The Bertz CT molecular complexity index is 1120. The van der Waals surface area contributed by atoms with Crippen LogP contribution in [0.3, 0.4) is 0 Å². The van der Waals surface area contributed by atoms with Gasteiger partial charge in [-0.05, 0) is 43.9 Å². The fourth-order valence-electron chi connectivity index (χ4n) is 4.76. The number of hydrogen-bond acceptors (Lipinski definition) is 7. The summed E-state index contributed by atoms with van der Waals surface area (Å²) in [4.78, 5) is 35.9. The molecule has 1 aromatic carbocycles. The van der Waals surface area contributed by atoms with Crippen molar-refractivity contribution in [2.45, 2.75) is 44.6 Å². The molecule has 2 N–H and O–H groups in total. The molecule has 2 aliphatic heterocycles. The molecule has 3 unspecified atom stereocenters. The number of hydrogen-bond donors (Lipinski definition) is 2. The van der Waals surface area contributed by atoms with Gasteiger partial charge in [0, 0.05) is 24.1 Å². The molecule has 0 aliphatic carbocycles. The van der Waals surface area contributed by atoms with Gasteiger partial charge in [0.15, 0.2) is 0 Å². The maximum atomic E-state index is 13.4. The lowest BCUT2D eigenvalue weighted by molar-refractivity contribution is -0.119. The highest BCUT2D eigenvalue weighted by Crippen LogP contribution is 2.43. The third-order valence-corrected chi connectivity index (χ3v) is 6.39. The van der Waals surface area contributed by atoms with E-state index in [4.69, 9.17) is 9.47 Å². The highest BCUT2D eigenvalue weighted by atomic mass is 16.5. The molecule has 0 radical (unpaired) electrons. The number of rotatable bonds is 5. The molecule has 168 valence electrons. The maximum absolute atomic E-state index is 13.4. The van der Waals surface area contributed by atoms with Crippen molar-refractivity contribution >= 4 is 17.7 Å². The molecule has 1 saturated heterocycles. The van der Waals surface area contributed by atoms with E-state index in [1.54, 1.807) is 18.2 Å². The average molecular weight is 438 g/mol. The van der Waals surface area contributed by atoms with Gasteiger partial charge in [0.1, 0.15) is 23.2 Å². The number of piperidine rings is 1. The van der Waals surface area contributed by atoms with Crippen LogP contribution in [-0.4, -0.2) is 42.7 Å². The number of amides is 1. The summed E-state index contributed by atoms with van der Waals surface area (Å²) < 4.78 is 10.8. The zero-order valence-electron chi connectivity index (χ0n) is 18.5. The quantitative estimate of drug-likeness (QED) is 0.738. The van der Waals surface area contributed by atoms with Crippen molar-refractivity contribution in [1.29, 1.82) is 5.26 Å². The van der Waals surface area contributed by atoms with E-state index in [9.17, 15) is 14.9 Å². The van der Waals surface area contributed by atoms with Crippen LogP contribution in [0.5, 0.6) is 11.5 Å². The second kappa shape index (κ2) is 8.91. The van der Waals surface area contributed by atoms with E-state index in [2.05, 4.69) is 33.2 Å². The molecule has 0 spiro atoms.